The summed E-state index contributed by atoms with van der Waals surface area (Å²) < 4.78 is 20.3. The zero-order chi connectivity index (χ0) is 22.0. The molecule has 8 heteroatoms. The molecule has 164 valence electrons. The monoisotopic (exact) mass is 425 g/mol. The van der Waals surface area contributed by atoms with Crippen molar-refractivity contribution in [3.05, 3.63) is 42.3 Å². The number of nitrogens with zero attached hydrogens (tertiary/aromatic N) is 4. The molecule has 0 amide bonds. The smallest absolute Gasteiger partial charge is 0.226 e. The quantitative estimate of drug-likeness (QED) is 0.595. The lowest BCUT2D eigenvalue weighted by molar-refractivity contribution is 0.257. The Balaban J connectivity index is 1.53. The highest BCUT2D eigenvalue weighted by molar-refractivity contribution is 5.71. The second-order valence-electron chi connectivity index (χ2n) is 8.13. The van der Waals surface area contributed by atoms with Crippen LogP contribution in [0.3, 0.4) is 0 Å². The Hall–Kier alpha value is -3.00. The van der Waals surface area contributed by atoms with Gasteiger partial charge in [0.2, 0.25) is 5.89 Å². The summed E-state index contributed by atoms with van der Waals surface area (Å²) in [5, 5.41) is 22.4. The van der Waals surface area contributed by atoms with Crippen LogP contribution in [0, 0.1) is 6.92 Å². The van der Waals surface area contributed by atoms with Gasteiger partial charge in [-0.1, -0.05) is 0 Å². The number of phenols is 1. The lowest BCUT2D eigenvalue weighted by Crippen LogP contribution is -2.43. The van der Waals surface area contributed by atoms with Gasteiger partial charge < -0.3 is 19.7 Å². The number of rotatable bonds is 5. The number of nitrogens with one attached hydrogen (secondary N) is 1. The molecule has 3 aromatic rings. The van der Waals surface area contributed by atoms with E-state index in [1.54, 1.807) is 24.4 Å². The number of benzene rings is 1. The molecule has 1 fully saturated rings. The molecule has 4 rings (SSSR count). The first-order valence-corrected chi connectivity index (χ1v) is 10.6. The Kier molecular flexibility index (Phi) is 6.18. The Bertz CT molecular complexity index is 1020. The highest BCUT2D eigenvalue weighted by Gasteiger charge is 2.31. The first kappa shape index (κ1) is 21.2. The molecule has 1 aliphatic rings. The molecule has 1 aromatic carbocycles. The van der Waals surface area contributed by atoms with Gasteiger partial charge in [0.1, 0.15) is 17.7 Å². The Morgan fingerprint density at radius 1 is 1.19 bits per heavy atom. The number of aromatic nitrogens is 3. The fraction of sp³-hybridized carbons (Fsp3) is 0.435. The highest BCUT2D eigenvalue weighted by Crippen LogP contribution is 2.33. The summed E-state index contributed by atoms with van der Waals surface area (Å²) in [6.07, 6.45) is 3.87. The van der Waals surface area contributed by atoms with Crippen LogP contribution in [0.2, 0.25) is 0 Å². The molecule has 2 heterocycles. The third-order valence-electron chi connectivity index (χ3n) is 6.04. The van der Waals surface area contributed by atoms with Gasteiger partial charge in [-0.2, -0.15) is 0 Å². The van der Waals surface area contributed by atoms with Crippen LogP contribution in [0.25, 0.3) is 22.7 Å². The van der Waals surface area contributed by atoms with E-state index in [1.807, 2.05) is 38.1 Å². The predicted molar refractivity (Wildman–Crippen MR) is 118 cm³/mol. The van der Waals surface area contributed by atoms with E-state index >= 15 is 0 Å². The molecule has 2 N–H and O–H groups in total. The number of halogens is 1. The van der Waals surface area contributed by atoms with Crippen molar-refractivity contribution in [2.24, 2.45) is 0 Å². The standard InChI is InChI=1S/C23H28FN5O2/c1-14-13-26-23(31-14)15-7-8-17(21(30)11-15)19-9-10-22(28-27-19)29(3)20-12-16(25-2)5-4-6-18(20)24/h7-11,13,16,18,20,25,30H,4-6,12H2,1-3H3/t16-,18+,20-/m0/s1. The second-order valence-corrected chi connectivity index (χ2v) is 8.13. The van der Waals surface area contributed by atoms with Gasteiger partial charge >= 0.3 is 0 Å². The van der Waals surface area contributed by atoms with Crippen LogP contribution < -0.4 is 10.2 Å². The van der Waals surface area contributed by atoms with Crippen molar-refractivity contribution in [3.63, 3.8) is 0 Å². The summed E-state index contributed by atoms with van der Waals surface area (Å²) in [5.41, 5.74) is 1.78. The number of aryl methyl sites for hydroxylation is 1. The highest BCUT2D eigenvalue weighted by atomic mass is 19.1. The van der Waals surface area contributed by atoms with E-state index in [1.165, 1.54) is 0 Å². The van der Waals surface area contributed by atoms with E-state index in [0.717, 1.165) is 19.3 Å². The summed E-state index contributed by atoms with van der Waals surface area (Å²) in [7, 11) is 3.79. The van der Waals surface area contributed by atoms with Crippen molar-refractivity contribution < 1.29 is 13.9 Å². The van der Waals surface area contributed by atoms with Gasteiger partial charge in [0, 0.05) is 24.2 Å². The van der Waals surface area contributed by atoms with Crippen molar-refractivity contribution >= 4 is 5.82 Å². The maximum Gasteiger partial charge on any atom is 0.226 e. The van der Waals surface area contributed by atoms with E-state index in [-0.39, 0.29) is 11.8 Å². The Morgan fingerprint density at radius 2 is 2.03 bits per heavy atom. The average Bonchev–Trinajstić information content (AvgIpc) is 3.12. The number of aromatic hydroxyl groups is 1. The van der Waals surface area contributed by atoms with Gasteiger partial charge in [-0.3, -0.25) is 0 Å². The zero-order valence-corrected chi connectivity index (χ0v) is 18.0. The minimum atomic E-state index is -0.903. The van der Waals surface area contributed by atoms with E-state index in [2.05, 4.69) is 20.5 Å². The number of phenolic OH excluding ortho intramolecular Hbond substituents is 1. The Labute approximate surface area is 181 Å². The number of hydrogen-bond donors (Lipinski definition) is 2. The molecular formula is C23H28FN5O2. The minimum absolute atomic E-state index is 0.0632. The normalized spacial score (nSPS) is 21.6. The fourth-order valence-corrected chi connectivity index (χ4v) is 4.17. The number of alkyl halides is 1. The minimum Gasteiger partial charge on any atom is -0.507 e. The van der Waals surface area contributed by atoms with Gasteiger partial charge in [-0.25, -0.2) is 9.37 Å². The second kappa shape index (κ2) is 9.01. The van der Waals surface area contributed by atoms with Crippen LogP contribution in [0.1, 0.15) is 31.4 Å². The molecule has 1 saturated carbocycles. The van der Waals surface area contributed by atoms with Gasteiger partial charge in [0.15, 0.2) is 5.82 Å². The summed E-state index contributed by atoms with van der Waals surface area (Å²) in [6.45, 7) is 1.82. The van der Waals surface area contributed by atoms with Crippen molar-refractivity contribution in [2.75, 3.05) is 19.0 Å². The van der Waals surface area contributed by atoms with Crippen molar-refractivity contribution in [2.45, 2.75) is 50.9 Å². The van der Waals surface area contributed by atoms with Crippen LogP contribution in [0.5, 0.6) is 5.75 Å². The summed E-state index contributed by atoms with van der Waals surface area (Å²) in [4.78, 5) is 6.06. The van der Waals surface area contributed by atoms with E-state index in [4.69, 9.17) is 4.42 Å². The lowest BCUT2D eigenvalue weighted by atomic mass is 10.0. The number of anilines is 1. The molecule has 0 bridgehead atoms. The molecule has 0 spiro atoms. The Morgan fingerprint density at radius 3 is 2.68 bits per heavy atom. The van der Waals surface area contributed by atoms with Gasteiger partial charge in [0.25, 0.3) is 0 Å². The van der Waals surface area contributed by atoms with Crippen molar-refractivity contribution in [1.82, 2.24) is 20.5 Å². The molecular weight excluding hydrogens is 397 g/mol. The number of oxazole rings is 1. The molecule has 7 nitrogen and oxygen atoms in total. The van der Waals surface area contributed by atoms with Crippen molar-refractivity contribution in [3.8, 4) is 28.5 Å². The van der Waals surface area contributed by atoms with Crippen LogP contribution in [0.4, 0.5) is 10.2 Å². The van der Waals surface area contributed by atoms with Gasteiger partial charge in [-0.15, -0.1) is 10.2 Å². The first-order valence-electron chi connectivity index (χ1n) is 10.6. The number of hydrogen-bond acceptors (Lipinski definition) is 7. The summed E-state index contributed by atoms with van der Waals surface area (Å²) >= 11 is 0. The summed E-state index contributed by atoms with van der Waals surface area (Å²) in [6, 6.07) is 8.83. The van der Waals surface area contributed by atoms with Crippen LogP contribution in [0.15, 0.2) is 40.9 Å². The molecule has 3 atom stereocenters. The average molecular weight is 426 g/mol. The van der Waals surface area contributed by atoms with Crippen LogP contribution in [-0.2, 0) is 0 Å². The van der Waals surface area contributed by atoms with Crippen LogP contribution in [-0.4, -0.2) is 52.6 Å². The topological polar surface area (TPSA) is 87.3 Å². The first-order chi connectivity index (χ1) is 15.0. The van der Waals surface area contributed by atoms with Gasteiger partial charge in [-0.05, 0) is 70.0 Å². The predicted octanol–water partition coefficient (Wildman–Crippen LogP) is 4.12. The molecule has 0 aliphatic heterocycles. The maximum absolute atomic E-state index is 14.8. The molecule has 0 unspecified atom stereocenters. The largest absolute Gasteiger partial charge is 0.507 e. The van der Waals surface area contributed by atoms with Gasteiger partial charge in [0.05, 0.1) is 17.9 Å². The summed E-state index contributed by atoms with van der Waals surface area (Å²) in [5.74, 6) is 1.83. The molecule has 2 aromatic heterocycles. The van der Waals surface area contributed by atoms with Crippen LogP contribution >= 0.6 is 0 Å². The third-order valence-corrected chi connectivity index (χ3v) is 6.04. The third kappa shape index (κ3) is 4.54. The zero-order valence-electron chi connectivity index (χ0n) is 18.0. The van der Waals surface area contributed by atoms with Crippen molar-refractivity contribution in [1.29, 1.82) is 0 Å². The van der Waals surface area contributed by atoms with E-state index in [9.17, 15) is 9.50 Å². The van der Waals surface area contributed by atoms with E-state index < -0.39 is 6.17 Å². The molecule has 0 saturated heterocycles. The molecule has 31 heavy (non-hydrogen) atoms. The maximum atomic E-state index is 14.8. The molecule has 1 aliphatic carbocycles. The van der Waals surface area contributed by atoms with E-state index in [0.29, 0.717) is 46.8 Å². The fourth-order valence-electron chi connectivity index (χ4n) is 4.17. The molecule has 0 radical (unpaired) electrons. The lowest BCUT2D eigenvalue weighted by Gasteiger charge is -2.31. The SMILES string of the molecule is CN[C@H]1CCC[C@@H](F)[C@@H](N(C)c2ccc(-c3ccc(-c4ncc(C)o4)cc3O)nn2)C1.